The van der Waals surface area contributed by atoms with Crippen LogP contribution < -0.4 is 10.0 Å². The maximum absolute atomic E-state index is 12.0. The van der Waals surface area contributed by atoms with Gasteiger partial charge in [0, 0.05) is 24.5 Å². The maximum atomic E-state index is 12.0. The van der Waals surface area contributed by atoms with E-state index in [4.69, 9.17) is 0 Å². The van der Waals surface area contributed by atoms with E-state index in [0.29, 0.717) is 13.0 Å². The van der Waals surface area contributed by atoms with Crippen LogP contribution in [-0.4, -0.2) is 41.4 Å². The number of rotatable bonds is 8. The SMILES string of the molecule is CS(=O)(=O)CCCNc1ccc(S(=O)(=O)NC2CC2)cc1. The van der Waals surface area contributed by atoms with E-state index >= 15 is 0 Å². The van der Waals surface area contributed by atoms with Crippen LogP contribution in [-0.2, 0) is 19.9 Å². The van der Waals surface area contributed by atoms with Gasteiger partial charge in [-0.3, -0.25) is 0 Å². The van der Waals surface area contributed by atoms with Gasteiger partial charge in [-0.15, -0.1) is 0 Å². The Labute approximate surface area is 125 Å². The van der Waals surface area contributed by atoms with Crippen molar-refractivity contribution in [3.05, 3.63) is 24.3 Å². The van der Waals surface area contributed by atoms with Gasteiger partial charge < -0.3 is 5.32 Å². The Hall–Kier alpha value is -1.12. The fraction of sp³-hybridized carbons (Fsp3) is 0.538. The third-order valence-corrected chi connectivity index (χ3v) is 5.65. The number of hydrogen-bond acceptors (Lipinski definition) is 5. The van der Waals surface area contributed by atoms with Crippen molar-refractivity contribution in [2.75, 3.05) is 23.9 Å². The molecule has 0 amide bonds. The van der Waals surface area contributed by atoms with Gasteiger partial charge in [0.2, 0.25) is 10.0 Å². The highest BCUT2D eigenvalue weighted by molar-refractivity contribution is 7.90. The first-order valence-corrected chi connectivity index (χ1v) is 10.3. The zero-order chi connectivity index (χ0) is 15.5. The highest BCUT2D eigenvalue weighted by Gasteiger charge is 2.27. The lowest BCUT2D eigenvalue weighted by Gasteiger charge is -2.08. The van der Waals surface area contributed by atoms with Crippen molar-refractivity contribution in [1.82, 2.24) is 4.72 Å². The van der Waals surface area contributed by atoms with Gasteiger partial charge in [0.25, 0.3) is 0 Å². The summed E-state index contributed by atoms with van der Waals surface area (Å²) in [6, 6.07) is 6.54. The molecular formula is C13H20N2O4S2. The molecule has 0 bridgehead atoms. The lowest BCUT2D eigenvalue weighted by atomic mass is 10.3. The molecule has 1 aromatic rings. The molecule has 1 aliphatic rings. The van der Waals surface area contributed by atoms with Gasteiger partial charge in [0.05, 0.1) is 10.6 Å². The third kappa shape index (κ3) is 5.64. The van der Waals surface area contributed by atoms with Crippen LogP contribution in [0.2, 0.25) is 0 Å². The molecule has 0 aromatic heterocycles. The summed E-state index contributed by atoms with van der Waals surface area (Å²) in [7, 11) is -6.35. The topological polar surface area (TPSA) is 92.3 Å². The molecule has 0 heterocycles. The predicted octanol–water partition coefficient (Wildman–Crippen LogP) is 0.974. The summed E-state index contributed by atoms with van der Waals surface area (Å²) < 4.78 is 48.5. The van der Waals surface area contributed by atoms with Crippen molar-refractivity contribution in [2.45, 2.75) is 30.2 Å². The van der Waals surface area contributed by atoms with Crippen LogP contribution in [0, 0.1) is 0 Å². The first kappa shape index (κ1) is 16.3. The van der Waals surface area contributed by atoms with Gasteiger partial charge in [0.1, 0.15) is 9.84 Å². The minimum Gasteiger partial charge on any atom is -0.385 e. The van der Waals surface area contributed by atoms with Crippen molar-refractivity contribution < 1.29 is 16.8 Å². The van der Waals surface area contributed by atoms with E-state index in [0.717, 1.165) is 18.5 Å². The molecule has 0 atom stereocenters. The number of hydrogen-bond donors (Lipinski definition) is 2. The van der Waals surface area contributed by atoms with Crippen molar-refractivity contribution in [3.8, 4) is 0 Å². The van der Waals surface area contributed by atoms with E-state index in [1.54, 1.807) is 24.3 Å². The molecule has 0 spiro atoms. The Balaban J connectivity index is 1.87. The highest BCUT2D eigenvalue weighted by atomic mass is 32.2. The van der Waals surface area contributed by atoms with E-state index in [1.807, 2.05) is 0 Å². The van der Waals surface area contributed by atoms with Crippen molar-refractivity contribution >= 4 is 25.5 Å². The van der Waals surface area contributed by atoms with Crippen molar-refractivity contribution in [1.29, 1.82) is 0 Å². The lowest BCUT2D eigenvalue weighted by Crippen LogP contribution is -2.25. The van der Waals surface area contributed by atoms with E-state index in [1.165, 1.54) is 6.26 Å². The van der Waals surface area contributed by atoms with Gasteiger partial charge in [-0.25, -0.2) is 21.6 Å². The summed E-state index contributed by atoms with van der Waals surface area (Å²) in [6.45, 7) is 0.527. The Morgan fingerprint density at radius 3 is 2.24 bits per heavy atom. The average Bonchev–Trinajstić information content (AvgIpc) is 3.17. The molecule has 1 saturated carbocycles. The molecule has 2 rings (SSSR count). The predicted molar refractivity (Wildman–Crippen MR) is 82.6 cm³/mol. The Kier molecular flexibility index (Phi) is 4.90. The van der Waals surface area contributed by atoms with E-state index in [9.17, 15) is 16.8 Å². The quantitative estimate of drug-likeness (QED) is 0.692. The normalized spacial score (nSPS) is 15.9. The largest absolute Gasteiger partial charge is 0.385 e. The highest BCUT2D eigenvalue weighted by Crippen LogP contribution is 2.22. The Bertz CT molecular complexity index is 677. The Morgan fingerprint density at radius 1 is 1.10 bits per heavy atom. The van der Waals surface area contributed by atoms with Gasteiger partial charge in [-0.2, -0.15) is 0 Å². The molecule has 8 heteroatoms. The molecular weight excluding hydrogens is 312 g/mol. The molecule has 6 nitrogen and oxygen atoms in total. The zero-order valence-corrected chi connectivity index (χ0v) is 13.5. The molecule has 1 aromatic carbocycles. The molecule has 0 saturated heterocycles. The van der Waals surface area contributed by atoms with Crippen LogP contribution in [0.4, 0.5) is 5.69 Å². The smallest absolute Gasteiger partial charge is 0.240 e. The molecule has 0 radical (unpaired) electrons. The summed E-state index contributed by atoms with van der Waals surface area (Å²) in [5.74, 6) is 0.137. The third-order valence-electron chi connectivity index (χ3n) is 3.08. The fourth-order valence-electron chi connectivity index (χ4n) is 1.81. The standard InChI is InChI=1S/C13H20N2O4S2/c1-20(16,17)10-2-9-14-11-5-7-13(8-6-11)21(18,19)15-12-3-4-12/h5-8,12,14-15H,2-4,9-10H2,1H3. The summed E-state index contributed by atoms with van der Waals surface area (Å²) >= 11 is 0. The molecule has 0 unspecified atom stereocenters. The summed E-state index contributed by atoms with van der Waals surface area (Å²) in [4.78, 5) is 0.246. The van der Waals surface area contributed by atoms with Crippen molar-refractivity contribution in [2.24, 2.45) is 0 Å². The van der Waals surface area contributed by atoms with Gasteiger partial charge >= 0.3 is 0 Å². The van der Waals surface area contributed by atoms with Gasteiger partial charge in [-0.1, -0.05) is 0 Å². The summed E-state index contributed by atoms with van der Waals surface area (Å²) in [6.07, 6.45) is 3.53. The first-order chi connectivity index (χ1) is 9.76. The van der Waals surface area contributed by atoms with Crippen LogP contribution >= 0.6 is 0 Å². The average molecular weight is 332 g/mol. The van der Waals surface area contributed by atoms with Crippen LogP contribution in [0.25, 0.3) is 0 Å². The number of sulfone groups is 1. The molecule has 1 fully saturated rings. The molecule has 118 valence electrons. The van der Waals surface area contributed by atoms with E-state index in [-0.39, 0.29) is 16.7 Å². The summed E-state index contributed by atoms with van der Waals surface area (Å²) in [5, 5.41) is 3.07. The minimum atomic E-state index is -3.42. The zero-order valence-electron chi connectivity index (χ0n) is 11.9. The summed E-state index contributed by atoms with van der Waals surface area (Å²) in [5.41, 5.74) is 0.772. The first-order valence-electron chi connectivity index (χ1n) is 6.80. The number of benzene rings is 1. The molecule has 0 aliphatic heterocycles. The van der Waals surface area contributed by atoms with E-state index < -0.39 is 19.9 Å². The second-order valence-electron chi connectivity index (χ2n) is 5.33. The number of nitrogens with one attached hydrogen (secondary N) is 2. The Morgan fingerprint density at radius 2 is 1.71 bits per heavy atom. The molecule has 1 aliphatic carbocycles. The number of sulfonamides is 1. The van der Waals surface area contributed by atoms with Crippen LogP contribution in [0.1, 0.15) is 19.3 Å². The number of anilines is 1. The monoisotopic (exact) mass is 332 g/mol. The van der Waals surface area contributed by atoms with Crippen LogP contribution in [0.15, 0.2) is 29.2 Å². The fourth-order valence-corrected chi connectivity index (χ4v) is 3.78. The van der Waals surface area contributed by atoms with Crippen LogP contribution in [0.5, 0.6) is 0 Å². The molecule has 21 heavy (non-hydrogen) atoms. The van der Waals surface area contributed by atoms with Crippen LogP contribution in [0.3, 0.4) is 0 Å². The van der Waals surface area contributed by atoms with Gasteiger partial charge in [-0.05, 0) is 43.5 Å². The minimum absolute atomic E-state index is 0.0868. The van der Waals surface area contributed by atoms with Gasteiger partial charge in [0.15, 0.2) is 0 Å². The maximum Gasteiger partial charge on any atom is 0.240 e. The van der Waals surface area contributed by atoms with E-state index in [2.05, 4.69) is 10.0 Å². The second-order valence-corrected chi connectivity index (χ2v) is 9.30. The molecule has 2 N–H and O–H groups in total. The van der Waals surface area contributed by atoms with Crippen molar-refractivity contribution in [3.63, 3.8) is 0 Å². The second kappa shape index (κ2) is 6.33. The lowest BCUT2D eigenvalue weighted by molar-refractivity contribution is 0.581.